The van der Waals surface area contributed by atoms with E-state index in [2.05, 4.69) is 37.8 Å². The Balaban J connectivity index is 1.83. The van der Waals surface area contributed by atoms with Crippen LogP contribution in [0.2, 0.25) is 15.1 Å². The van der Waals surface area contributed by atoms with Crippen LogP contribution in [-0.4, -0.2) is 38.9 Å². The van der Waals surface area contributed by atoms with Gasteiger partial charge in [-0.05, 0) is 44.0 Å². The number of nitrogens with zero attached hydrogens (tertiary/aromatic N) is 2. The van der Waals surface area contributed by atoms with Gasteiger partial charge in [0, 0.05) is 31.9 Å². The summed E-state index contributed by atoms with van der Waals surface area (Å²) in [4.78, 5) is 2.24. The first-order chi connectivity index (χ1) is 12.6. The SMILES string of the molecule is Cc1cc(C)c(N2CCN(S(=O)(=O)c3cc(Cl)c(Cl)cc3Cl)CC2)c(C)c1. The van der Waals surface area contributed by atoms with Gasteiger partial charge in [-0.3, -0.25) is 0 Å². The summed E-state index contributed by atoms with van der Waals surface area (Å²) in [5.41, 5.74) is 4.82. The molecule has 1 saturated heterocycles. The molecule has 0 bridgehead atoms. The van der Waals surface area contributed by atoms with E-state index in [1.807, 2.05) is 0 Å². The quantitative estimate of drug-likeness (QED) is 0.616. The number of aryl methyl sites for hydroxylation is 3. The first-order valence-corrected chi connectivity index (χ1v) is 11.2. The summed E-state index contributed by atoms with van der Waals surface area (Å²) < 4.78 is 27.5. The van der Waals surface area contributed by atoms with Crippen molar-refractivity contribution in [2.45, 2.75) is 25.7 Å². The van der Waals surface area contributed by atoms with Crippen molar-refractivity contribution in [1.82, 2.24) is 4.31 Å². The first-order valence-electron chi connectivity index (χ1n) is 8.58. The van der Waals surface area contributed by atoms with Crippen LogP contribution in [0.3, 0.4) is 0 Å². The maximum atomic E-state index is 13.0. The molecule has 0 spiro atoms. The summed E-state index contributed by atoms with van der Waals surface area (Å²) in [5.74, 6) is 0. The molecule has 1 aliphatic heterocycles. The third-order valence-corrected chi connectivity index (χ3v) is 7.87. The van der Waals surface area contributed by atoms with E-state index in [1.54, 1.807) is 0 Å². The molecule has 146 valence electrons. The smallest absolute Gasteiger partial charge is 0.244 e. The number of rotatable bonds is 3. The number of hydrogen-bond donors (Lipinski definition) is 0. The Morgan fingerprint density at radius 3 is 1.85 bits per heavy atom. The van der Waals surface area contributed by atoms with E-state index in [9.17, 15) is 8.42 Å². The third kappa shape index (κ3) is 4.08. The van der Waals surface area contributed by atoms with E-state index in [-0.39, 0.29) is 20.0 Å². The number of halogens is 3. The van der Waals surface area contributed by atoms with Crippen LogP contribution in [-0.2, 0) is 10.0 Å². The minimum Gasteiger partial charge on any atom is -0.368 e. The molecule has 1 fully saturated rings. The maximum Gasteiger partial charge on any atom is 0.244 e. The molecule has 0 saturated carbocycles. The van der Waals surface area contributed by atoms with Crippen molar-refractivity contribution in [3.05, 3.63) is 56.0 Å². The average Bonchev–Trinajstić information content (AvgIpc) is 2.57. The fraction of sp³-hybridized carbons (Fsp3) is 0.368. The monoisotopic (exact) mass is 446 g/mol. The Kier molecular flexibility index (Phi) is 5.99. The van der Waals surface area contributed by atoms with Crippen LogP contribution in [0, 0.1) is 20.8 Å². The highest BCUT2D eigenvalue weighted by atomic mass is 35.5. The van der Waals surface area contributed by atoms with Gasteiger partial charge in [-0.2, -0.15) is 4.31 Å². The van der Waals surface area contributed by atoms with Crippen molar-refractivity contribution >= 4 is 50.5 Å². The standard InChI is InChI=1S/C19H21Cl3N2O2S/c1-12-8-13(2)19(14(3)9-12)23-4-6-24(7-5-23)27(25,26)18-11-16(21)15(20)10-17(18)22/h8-11H,4-7H2,1-3H3. The molecule has 1 aliphatic rings. The van der Waals surface area contributed by atoms with Gasteiger partial charge < -0.3 is 4.90 Å². The van der Waals surface area contributed by atoms with Crippen molar-refractivity contribution in [2.24, 2.45) is 0 Å². The fourth-order valence-corrected chi connectivity index (χ4v) is 6.06. The number of anilines is 1. The summed E-state index contributed by atoms with van der Waals surface area (Å²) >= 11 is 18.0. The molecule has 0 amide bonds. The van der Waals surface area contributed by atoms with Crippen LogP contribution < -0.4 is 4.90 Å². The molecule has 4 nitrogen and oxygen atoms in total. The Morgan fingerprint density at radius 2 is 1.30 bits per heavy atom. The van der Waals surface area contributed by atoms with Gasteiger partial charge in [-0.25, -0.2) is 8.42 Å². The highest BCUT2D eigenvalue weighted by Crippen LogP contribution is 2.34. The lowest BCUT2D eigenvalue weighted by atomic mass is 10.0. The molecule has 0 radical (unpaired) electrons. The lowest BCUT2D eigenvalue weighted by Crippen LogP contribution is -2.49. The van der Waals surface area contributed by atoms with Gasteiger partial charge in [0.1, 0.15) is 4.90 Å². The summed E-state index contributed by atoms with van der Waals surface area (Å²) in [6, 6.07) is 7.00. The van der Waals surface area contributed by atoms with E-state index in [1.165, 1.54) is 38.8 Å². The van der Waals surface area contributed by atoms with Crippen LogP contribution in [0.15, 0.2) is 29.2 Å². The summed E-state index contributed by atoms with van der Waals surface area (Å²) in [6.07, 6.45) is 0. The molecule has 0 aromatic heterocycles. The van der Waals surface area contributed by atoms with Gasteiger partial charge in [0.15, 0.2) is 0 Å². The highest BCUT2D eigenvalue weighted by Gasteiger charge is 2.31. The van der Waals surface area contributed by atoms with Crippen molar-refractivity contribution in [3.63, 3.8) is 0 Å². The van der Waals surface area contributed by atoms with E-state index in [4.69, 9.17) is 34.8 Å². The van der Waals surface area contributed by atoms with E-state index >= 15 is 0 Å². The molecule has 2 aromatic rings. The molecule has 3 rings (SSSR count). The number of benzene rings is 2. The first kappa shape index (κ1) is 20.7. The molecule has 0 unspecified atom stereocenters. The molecule has 0 atom stereocenters. The fourth-order valence-electron chi connectivity index (χ4n) is 3.66. The van der Waals surface area contributed by atoms with Crippen molar-refractivity contribution < 1.29 is 8.42 Å². The number of hydrogen-bond acceptors (Lipinski definition) is 3. The van der Waals surface area contributed by atoms with E-state index in [0.29, 0.717) is 26.2 Å². The van der Waals surface area contributed by atoms with Gasteiger partial charge in [0.25, 0.3) is 0 Å². The third-order valence-electron chi connectivity index (χ3n) is 4.78. The van der Waals surface area contributed by atoms with Crippen molar-refractivity contribution in [1.29, 1.82) is 0 Å². The second-order valence-corrected chi connectivity index (χ2v) is 9.96. The van der Waals surface area contributed by atoms with Crippen molar-refractivity contribution in [2.75, 3.05) is 31.1 Å². The highest BCUT2D eigenvalue weighted by molar-refractivity contribution is 7.89. The van der Waals surface area contributed by atoms with E-state index < -0.39 is 10.0 Å². The molecule has 8 heteroatoms. The molecule has 1 heterocycles. The topological polar surface area (TPSA) is 40.6 Å². The zero-order valence-corrected chi connectivity index (χ0v) is 18.5. The van der Waals surface area contributed by atoms with Crippen LogP contribution in [0.5, 0.6) is 0 Å². The maximum absolute atomic E-state index is 13.0. The Morgan fingerprint density at radius 1 is 0.778 bits per heavy atom. The van der Waals surface area contributed by atoms with Gasteiger partial charge in [0.05, 0.1) is 15.1 Å². The predicted octanol–water partition coefficient (Wildman–Crippen LogP) is 5.08. The molecule has 0 N–H and O–H groups in total. The zero-order chi connectivity index (χ0) is 19.9. The number of sulfonamides is 1. The van der Waals surface area contributed by atoms with Crippen LogP contribution in [0.4, 0.5) is 5.69 Å². The lowest BCUT2D eigenvalue weighted by molar-refractivity contribution is 0.384. The Hall–Kier alpha value is -0.980. The van der Waals surface area contributed by atoms with Gasteiger partial charge in [-0.1, -0.05) is 52.5 Å². The Bertz CT molecular complexity index is 962. The van der Waals surface area contributed by atoms with Gasteiger partial charge in [0.2, 0.25) is 10.0 Å². The van der Waals surface area contributed by atoms with Crippen LogP contribution in [0.1, 0.15) is 16.7 Å². The normalized spacial score (nSPS) is 16.0. The van der Waals surface area contributed by atoms with Crippen LogP contribution >= 0.6 is 34.8 Å². The second kappa shape index (κ2) is 7.80. The van der Waals surface area contributed by atoms with Crippen molar-refractivity contribution in [3.8, 4) is 0 Å². The average molecular weight is 448 g/mol. The molecule has 27 heavy (non-hydrogen) atoms. The molecule has 2 aromatic carbocycles. The van der Waals surface area contributed by atoms with Gasteiger partial charge >= 0.3 is 0 Å². The molecular formula is C19H21Cl3N2O2S. The predicted molar refractivity (Wildman–Crippen MR) is 113 cm³/mol. The van der Waals surface area contributed by atoms with Crippen LogP contribution in [0.25, 0.3) is 0 Å². The molecule has 0 aliphatic carbocycles. The summed E-state index contributed by atoms with van der Waals surface area (Å²) in [5, 5.41) is 0.483. The van der Waals surface area contributed by atoms with E-state index in [0.717, 1.165) is 0 Å². The largest absolute Gasteiger partial charge is 0.368 e. The summed E-state index contributed by atoms with van der Waals surface area (Å²) in [7, 11) is -3.73. The molecular weight excluding hydrogens is 427 g/mol. The number of piperazine rings is 1. The minimum absolute atomic E-state index is 0.00489. The minimum atomic E-state index is -3.73. The Labute approximate surface area is 175 Å². The zero-order valence-electron chi connectivity index (χ0n) is 15.4. The second-order valence-electron chi connectivity index (χ2n) is 6.84. The summed E-state index contributed by atoms with van der Waals surface area (Å²) in [6.45, 7) is 8.25. The lowest BCUT2D eigenvalue weighted by Gasteiger charge is -2.37. The van der Waals surface area contributed by atoms with Gasteiger partial charge in [-0.15, -0.1) is 0 Å².